The molecule has 0 fully saturated rings. The highest BCUT2D eigenvalue weighted by Gasteiger charge is 2.12. The number of carbonyl (C=O) groups is 1. The van der Waals surface area contributed by atoms with Gasteiger partial charge in [-0.2, -0.15) is 0 Å². The molecular weight excluding hydrogens is 185 g/mol. The van der Waals surface area contributed by atoms with Gasteiger partial charge in [0.2, 0.25) is 0 Å². The SMILES string of the molecule is CN(C)c1cccc(F)c1CC(=O)O. The summed E-state index contributed by atoms with van der Waals surface area (Å²) in [6.07, 6.45) is -0.291. The van der Waals surface area contributed by atoms with E-state index in [0.29, 0.717) is 5.69 Å². The van der Waals surface area contributed by atoms with E-state index >= 15 is 0 Å². The monoisotopic (exact) mass is 197 g/mol. The van der Waals surface area contributed by atoms with Crippen LogP contribution in [0.5, 0.6) is 0 Å². The molecule has 1 aromatic rings. The maximum Gasteiger partial charge on any atom is 0.308 e. The fourth-order valence-electron chi connectivity index (χ4n) is 1.29. The second kappa shape index (κ2) is 4.09. The largest absolute Gasteiger partial charge is 0.481 e. The lowest BCUT2D eigenvalue weighted by molar-refractivity contribution is -0.136. The van der Waals surface area contributed by atoms with Gasteiger partial charge in [0.25, 0.3) is 0 Å². The molecule has 3 nitrogen and oxygen atoms in total. The Morgan fingerprint density at radius 3 is 2.64 bits per heavy atom. The lowest BCUT2D eigenvalue weighted by Crippen LogP contribution is -2.14. The number of carboxylic acid groups (broad SMARTS) is 1. The molecule has 0 amide bonds. The van der Waals surface area contributed by atoms with E-state index in [2.05, 4.69) is 0 Å². The van der Waals surface area contributed by atoms with Gasteiger partial charge in [-0.05, 0) is 12.1 Å². The molecule has 0 aromatic heterocycles. The molecule has 76 valence electrons. The Balaban J connectivity index is 3.15. The molecule has 4 heteroatoms. The second-order valence-electron chi connectivity index (χ2n) is 3.20. The summed E-state index contributed by atoms with van der Waals surface area (Å²) in [7, 11) is 3.50. The van der Waals surface area contributed by atoms with Crippen LogP contribution in [-0.4, -0.2) is 25.2 Å². The van der Waals surface area contributed by atoms with Gasteiger partial charge < -0.3 is 10.0 Å². The first-order chi connectivity index (χ1) is 6.52. The third kappa shape index (κ3) is 2.22. The third-order valence-electron chi connectivity index (χ3n) is 1.90. The number of carboxylic acids is 1. The Morgan fingerprint density at radius 1 is 1.50 bits per heavy atom. The molecule has 0 aliphatic carbocycles. The molecule has 1 aromatic carbocycles. The van der Waals surface area contributed by atoms with Gasteiger partial charge in [0, 0.05) is 25.3 Å². The molecule has 0 radical (unpaired) electrons. The van der Waals surface area contributed by atoms with Gasteiger partial charge in [-0.1, -0.05) is 6.07 Å². The maximum atomic E-state index is 13.3. The number of rotatable bonds is 3. The topological polar surface area (TPSA) is 40.5 Å². The molecule has 14 heavy (non-hydrogen) atoms. The lowest BCUT2D eigenvalue weighted by atomic mass is 10.1. The zero-order valence-electron chi connectivity index (χ0n) is 8.12. The van der Waals surface area contributed by atoms with Gasteiger partial charge in [0.1, 0.15) is 5.82 Å². The zero-order valence-corrected chi connectivity index (χ0v) is 8.12. The molecule has 0 saturated heterocycles. The molecule has 0 aliphatic heterocycles. The van der Waals surface area contributed by atoms with Crippen LogP contribution in [0.4, 0.5) is 10.1 Å². The van der Waals surface area contributed by atoms with Crippen LogP contribution in [0.25, 0.3) is 0 Å². The summed E-state index contributed by atoms with van der Waals surface area (Å²) < 4.78 is 13.3. The van der Waals surface area contributed by atoms with Crippen LogP contribution in [0.2, 0.25) is 0 Å². The Hall–Kier alpha value is -1.58. The average molecular weight is 197 g/mol. The van der Waals surface area contributed by atoms with Crippen molar-refractivity contribution in [3.8, 4) is 0 Å². The molecule has 0 heterocycles. The highest BCUT2D eigenvalue weighted by Crippen LogP contribution is 2.21. The van der Waals surface area contributed by atoms with Crippen LogP contribution in [0, 0.1) is 5.82 Å². The van der Waals surface area contributed by atoms with Crippen LogP contribution in [0.15, 0.2) is 18.2 Å². The highest BCUT2D eigenvalue weighted by molar-refractivity contribution is 5.73. The highest BCUT2D eigenvalue weighted by atomic mass is 19.1. The number of anilines is 1. The first-order valence-electron chi connectivity index (χ1n) is 4.19. The van der Waals surface area contributed by atoms with Crippen molar-refractivity contribution in [1.82, 2.24) is 0 Å². The van der Waals surface area contributed by atoms with Crippen molar-refractivity contribution >= 4 is 11.7 Å². The van der Waals surface area contributed by atoms with E-state index in [9.17, 15) is 9.18 Å². The fraction of sp³-hybridized carbons (Fsp3) is 0.300. The summed E-state index contributed by atoms with van der Waals surface area (Å²) in [6, 6.07) is 4.53. The van der Waals surface area contributed by atoms with Gasteiger partial charge >= 0.3 is 5.97 Å². The molecule has 1 N–H and O–H groups in total. The summed E-state index contributed by atoms with van der Waals surface area (Å²) in [5.41, 5.74) is 0.831. The summed E-state index contributed by atoms with van der Waals surface area (Å²) in [6.45, 7) is 0. The first kappa shape index (κ1) is 10.5. The number of hydrogen-bond acceptors (Lipinski definition) is 2. The standard InChI is InChI=1S/C10H12FNO2/c1-12(2)9-5-3-4-8(11)7(9)6-10(13)14/h3-5H,6H2,1-2H3,(H,13,14). The smallest absolute Gasteiger partial charge is 0.308 e. The van der Waals surface area contributed by atoms with Crippen LogP contribution < -0.4 is 4.90 Å². The van der Waals surface area contributed by atoms with E-state index in [4.69, 9.17) is 5.11 Å². The molecule has 0 aliphatic rings. The number of hydrogen-bond donors (Lipinski definition) is 1. The minimum atomic E-state index is -1.03. The van der Waals surface area contributed by atoms with Crippen LogP contribution in [-0.2, 0) is 11.2 Å². The van der Waals surface area contributed by atoms with Crippen LogP contribution in [0.1, 0.15) is 5.56 Å². The van der Waals surface area contributed by atoms with Crippen molar-refractivity contribution in [2.45, 2.75) is 6.42 Å². The van der Waals surface area contributed by atoms with E-state index in [-0.39, 0.29) is 12.0 Å². The minimum absolute atomic E-state index is 0.227. The lowest BCUT2D eigenvalue weighted by Gasteiger charge is -2.16. The zero-order chi connectivity index (χ0) is 10.7. The fourth-order valence-corrected chi connectivity index (χ4v) is 1.29. The van der Waals surface area contributed by atoms with Crippen molar-refractivity contribution in [1.29, 1.82) is 0 Å². The molecule has 0 unspecified atom stereocenters. The quantitative estimate of drug-likeness (QED) is 0.798. The number of halogens is 1. The van der Waals surface area contributed by atoms with E-state index < -0.39 is 11.8 Å². The normalized spacial score (nSPS) is 9.93. The van der Waals surface area contributed by atoms with Gasteiger partial charge in [-0.15, -0.1) is 0 Å². The molecule has 1 rings (SSSR count). The second-order valence-corrected chi connectivity index (χ2v) is 3.20. The van der Waals surface area contributed by atoms with E-state index in [1.165, 1.54) is 6.07 Å². The molecule has 0 atom stereocenters. The first-order valence-corrected chi connectivity index (χ1v) is 4.19. The average Bonchev–Trinajstić information content (AvgIpc) is 2.07. The van der Waals surface area contributed by atoms with Crippen LogP contribution in [0.3, 0.4) is 0 Å². The molecule has 0 saturated carbocycles. The Kier molecular flexibility index (Phi) is 3.06. The van der Waals surface area contributed by atoms with Crippen LogP contribution >= 0.6 is 0 Å². The third-order valence-corrected chi connectivity index (χ3v) is 1.90. The molecule has 0 bridgehead atoms. The van der Waals surface area contributed by atoms with Crippen molar-refractivity contribution < 1.29 is 14.3 Å². The summed E-state index contributed by atoms with van der Waals surface area (Å²) in [4.78, 5) is 12.2. The van der Waals surface area contributed by atoms with Crippen molar-refractivity contribution in [3.05, 3.63) is 29.6 Å². The van der Waals surface area contributed by atoms with E-state index in [1.54, 1.807) is 31.1 Å². The van der Waals surface area contributed by atoms with Crippen molar-refractivity contribution in [3.63, 3.8) is 0 Å². The summed E-state index contributed by atoms with van der Waals surface area (Å²) in [5, 5.41) is 8.61. The van der Waals surface area contributed by atoms with Gasteiger partial charge in [-0.25, -0.2) is 4.39 Å². The maximum absolute atomic E-state index is 13.3. The number of aliphatic carboxylic acids is 1. The predicted octanol–water partition coefficient (Wildman–Crippen LogP) is 1.52. The minimum Gasteiger partial charge on any atom is -0.481 e. The Morgan fingerprint density at radius 2 is 2.14 bits per heavy atom. The summed E-state index contributed by atoms with van der Waals surface area (Å²) >= 11 is 0. The number of nitrogens with zero attached hydrogens (tertiary/aromatic N) is 1. The molecular formula is C10H12FNO2. The van der Waals surface area contributed by atoms with Crippen molar-refractivity contribution in [2.75, 3.05) is 19.0 Å². The predicted molar refractivity (Wildman–Crippen MR) is 52.1 cm³/mol. The van der Waals surface area contributed by atoms with E-state index in [0.717, 1.165) is 0 Å². The van der Waals surface area contributed by atoms with Gasteiger partial charge in [0.05, 0.1) is 6.42 Å². The molecule has 0 spiro atoms. The Labute approximate surface area is 81.8 Å². The van der Waals surface area contributed by atoms with E-state index in [1.807, 2.05) is 0 Å². The van der Waals surface area contributed by atoms with Gasteiger partial charge in [-0.3, -0.25) is 4.79 Å². The summed E-state index contributed by atoms with van der Waals surface area (Å²) in [5.74, 6) is -1.50. The van der Waals surface area contributed by atoms with Crippen molar-refractivity contribution in [2.24, 2.45) is 0 Å². The van der Waals surface area contributed by atoms with Gasteiger partial charge in [0.15, 0.2) is 0 Å². The number of benzene rings is 1. The Bertz CT molecular complexity index is 350.